The largest absolute Gasteiger partial charge is 0.466 e. The van der Waals surface area contributed by atoms with Gasteiger partial charge in [-0.05, 0) is 48.4 Å². The van der Waals surface area contributed by atoms with Gasteiger partial charge in [-0.15, -0.1) is 11.3 Å². The lowest BCUT2D eigenvalue weighted by atomic mass is 9.83. The molecule has 2 N–H and O–H groups in total. The van der Waals surface area contributed by atoms with E-state index in [1.807, 2.05) is 0 Å². The summed E-state index contributed by atoms with van der Waals surface area (Å²) in [6.45, 7) is 1.77. The number of hydrogen-bond acceptors (Lipinski definition) is 7. The van der Waals surface area contributed by atoms with Gasteiger partial charge in [0.2, 0.25) is 0 Å². The summed E-state index contributed by atoms with van der Waals surface area (Å²) in [4.78, 5) is 39.6. The summed E-state index contributed by atoms with van der Waals surface area (Å²) in [5.74, 6) is -2.48. The van der Waals surface area contributed by atoms with Crippen LogP contribution in [0.25, 0.3) is 17.5 Å². The lowest BCUT2D eigenvalue weighted by Gasteiger charge is -2.26. The Hall–Kier alpha value is -3.33. The van der Waals surface area contributed by atoms with Crippen molar-refractivity contribution in [1.29, 1.82) is 0 Å². The molecule has 0 saturated carbocycles. The number of halogens is 2. The standard InChI is InChI=1S/C25H20Cl2N2O5S/c1-3-34-25(32)20-18(14-6-10-16(27)11-7-14)19(24(31)33-2)21(28)29-22(30)17(35-23(20)29)12-13-4-8-15(26)9-5-13/h4-12,18H,3,28H2,1-2H3/b17-12+/t18-/m0/s1. The first-order valence-electron chi connectivity index (χ1n) is 10.5. The monoisotopic (exact) mass is 530 g/mol. The molecule has 0 fully saturated rings. The van der Waals surface area contributed by atoms with E-state index in [-0.39, 0.29) is 28.2 Å². The van der Waals surface area contributed by atoms with E-state index in [0.717, 1.165) is 21.5 Å². The van der Waals surface area contributed by atoms with Crippen molar-refractivity contribution in [3.63, 3.8) is 0 Å². The number of esters is 2. The highest BCUT2D eigenvalue weighted by molar-refractivity contribution is 7.07. The molecule has 0 radical (unpaired) electrons. The molecular formula is C25H20Cl2N2O5S. The van der Waals surface area contributed by atoms with Crippen molar-refractivity contribution < 1.29 is 19.1 Å². The highest BCUT2D eigenvalue weighted by atomic mass is 35.5. The van der Waals surface area contributed by atoms with Gasteiger partial charge in [0, 0.05) is 10.0 Å². The normalized spacial score (nSPS) is 15.7. The number of hydrogen-bond donors (Lipinski definition) is 1. The van der Waals surface area contributed by atoms with Gasteiger partial charge >= 0.3 is 11.9 Å². The first-order chi connectivity index (χ1) is 16.8. The summed E-state index contributed by atoms with van der Waals surface area (Å²) in [6.07, 6.45) is 1.67. The van der Waals surface area contributed by atoms with E-state index in [2.05, 4.69) is 0 Å². The molecule has 4 rings (SSSR count). The molecule has 1 aromatic heterocycles. The van der Waals surface area contributed by atoms with E-state index in [0.29, 0.717) is 20.1 Å². The van der Waals surface area contributed by atoms with Crippen LogP contribution in [0.1, 0.15) is 24.0 Å². The Morgan fingerprint density at radius 3 is 2.20 bits per heavy atom. The SMILES string of the molecule is CCOC(=O)C1=c2s/c(=C/c3ccc(Cl)cc3)c(=O)n2C(N)=C(C(=O)OC)[C@@H]1c1ccc(Cl)cc1. The number of aromatic nitrogens is 1. The van der Waals surface area contributed by atoms with Crippen molar-refractivity contribution in [3.05, 3.63) is 94.8 Å². The summed E-state index contributed by atoms with van der Waals surface area (Å²) in [5, 5.41) is 1.04. The molecule has 7 nitrogen and oxygen atoms in total. The molecule has 2 aromatic carbocycles. The predicted molar refractivity (Wildman–Crippen MR) is 137 cm³/mol. The van der Waals surface area contributed by atoms with Crippen LogP contribution in [0.3, 0.4) is 0 Å². The quantitative estimate of drug-likeness (QED) is 0.509. The minimum absolute atomic E-state index is 0.0386. The van der Waals surface area contributed by atoms with Gasteiger partial charge in [-0.3, -0.25) is 9.36 Å². The van der Waals surface area contributed by atoms with Gasteiger partial charge in [0.1, 0.15) is 10.5 Å². The molecule has 180 valence electrons. The number of methoxy groups -OCH3 is 1. The molecule has 2 heterocycles. The van der Waals surface area contributed by atoms with Crippen molar-refractivity contribution in [1.82, 2.24) is 4.57 Å². The maximum absolute atomic E-state index is 13.4. The highest BCUT2D eigenvalue weighted by Crippen LogP contribution is 2.38. The summed E-state index contributed by atoms with van der Waals surface area (Å²) in [7, 11) is 1.21. The van der Waals surface area contributed by atoms with Crippen LogP contribution in [0.5, 0.6) is 0 Å². The van der Waals surface area contributed by atoms with Crippen LogP contribution in [0.15, 0.2) is 58.9 Å². The van der Waals surface area contributed by atoms with Crippen LogP contribution in [-0.2, 0) is 19.1 Å². The van der Waals surface area contributed by atoms with Crippen LogP contribution in [0.4, 0.5) is 0 Å². The zero-order valence-electron chi connectivity index (χ0n) is 18.7. The van der Waals surface area contributed by atoms with Gasteiger partial charge in [-0.1, -0.05) is 47.5 Å². The Morgan fingerprint density at radius 2 is 1.63 bits per heavy atom. The number of nitrogens with zero attached hydrogens (tertiary/aromatic N) is 1. The van der Waals surface area contributed by atoms with Crippen molar-refractivity contribution in [2.45, 2.75) is 12.8 Å². The number of nitrogens with two attached hydrogens (primary N) is 1. The first-order valence-corrected chi connectivity index (χ1v) is 12.1. The minimum Gasteiger partial charge on any atom is -0.466 e. The van der Waals surface area contributed by atoms with E-state index in [4.69, 9.17) is 38.4 Å². The molecule has 0 aliphatic carbocycles. The number of fused-ring (bicyclic) bond motifs is 1. The zero-order valence-corrected chi connectivity index (χ0v) is 21.0. The number of thiazole rings is 1. The highest BCUT2D eigenvalue weighted by Gasteiger charge is 2.39. The molecular weight excluding hydrogens is 511 g/mol. The molecule has 3 aromatic rings. The van der Waals surface area contributed by atoms with E-state index >= 15 is 0 Å². The summed E-state index contributed by atoms with van der Waals surface area (Å²) in [6, 6.07) is 13.6. The number of rotatable bonds is 5. The molecule has 35 heavy (non-hydrogen) atoms. The zero-order chi connectivity index (χ0) is 25.3. The predicted octanol–water partition coefficient (Wildman–Crippen LogP) is 2.86. The Morgan fingerprint density at radius 1 is 1.03 bits per heavy atom. The third-order valence-electron chi connectivity index (χ3n) is 5.42. The van der Waals surface area contributed by atoms with E-state index in [9.17, 15) is 14.4 Å². The Kier molecular flexibility index (Phi) is 7.16. The number of ether oxygens (including phenoxy) is 2. The summed E-state index contributed by atoms with van der Waals surface area (Å²) in [5.41, 5.74) is 7.31. The smallest absolute Gasteiger partial charge is 0.338 e. The molecule has 0 spiro atoms. The minimum atomic E-state index is -0.930. The van der Waals surface area contributed by atoms with Gasteiger partial charge in [-0.25, -0.2) is 9.59 Å². The van der Waals surface area contributed by atoms with E-state index in [1.54, 1.807) is 61.5 Å². The van der Waals surface area contributed by atoms with Crippen molar-refractivity contribution >= 4 is 63.9 Å². The van der Waals surface area contributed by atoms with E-state index in [1.165, 1.54) is 7.11 Å². The molecule has 0 unspecified atom stereocenters. The lowest BCUT2D eigenvalue weighted by Crippen LogP contribution is -2.41. The van der Waals surface area contributed by atoms with Crippen LogP contribution in [-0.4, -0.2) is 30.2 Å². The maximum atomic E-state index is 13.4. The van der Waals surface area contributed by atoms with Crippen LogP contribution in [0, 0.1) is 0 Å². The molecule has 10 heteroatoms. The summed E-state index contributed by atoms with van der Waals surface area (Å²) < 4.78 is 12.1. The number of benzene rings is 2. The fourth-order valence-corrected chi connectivity index (χ4v) is 5.28. The van der Waals surface area contributed by atoms with Crippen LogP contribution in [0.2, 0.25) is 10.0 Å². The molecule has 0 amide bonds. The van der Waals surface area contributed by atoms with Gasteiger partial charge in [0.25, 0.3) is 5.56 Å². The second-order valence-corrected chi connectivity index (χ2v) is 9.42. The fraction of sp³-hybridized carbons (Fsp3) is 0.160. The Balaban J connectivity index is 2.11. The van der Waals surface area contributed by atoms with Gasteiger partial charge in [0.15, 0.2) is 0 Å². The molecule has 0 bridgehead atoms. The second-order valence-electron chi connectivity index (χ2n) is 7.52. The third kappa shape index (κ3) is 4.65. The molecule has 1 aliphatic rings. The molecule has 1 atom stereocenters. The Labute approximate surface area is 214 Å². The first kappa shape index (κ1) is 24.8. The summed E-state index contributed by atoms with van der Waals surface area (Å²) >= 11 is 13.1. The van der Waals surface area contributed by atoms with Crippen molar-refractivity contribution in [2.75, 3.05) is 13.7 Å². The van der Waals surface area contributed by atoms with Crippen molar-refractivity contribution in [2.24, 2.45) is 5.73 Å². The number of carbonyl (C=O) groups is 2. The maximum Gasteiger partial charge on any atom is 0.338 e. The van der Waals surface area contributed by atoms with Gasteiger partial charge in [0.05, 0.1) is 35.3 Å². The Bertz CT molecular complexity index is 1520. The topological polar surface area (TPSA) is 101 Å². The molecule has 1 aliphatic heterocycles. The van der Waals surface area contributed by atoms with Crippen LogP contribution >= 0.6 is 34.5 Å². The second kappa shape index (κ2) is 10.1. The lowest BCUT2D eigenvalue weighted by molar-refractivity contribution is -0.136. The average Bonchev–Trinajstić information content (AvgIpc) is 3.16. The average molecular weight is 531 g/mol. The number of carbonyl (C=O) groups excluding carboxylic acids is 2. The molecule has 0 saturated heterocycles. The fourth-order valence-electron chi connectivity index (χ4n) is 3.86. The van der Waals surface area contributed by atoms with E-state index < -0.39 is 23.4 Å². The van der Waals surface area contributed by atoms with Crippen LogP contribution < -0.4 is 20.5 Å². The van der Waals surface area contributed by atoms with Crippen molar-refractivity contribution in [3.8, 4) is 0 Å². The third-order valence-corrected chi connectivity index (χ3v) is 7.03. The van der Waals surface area contributed by atoms with Gasteiger partial charge < -0.3 is 15.2 Å². The van der Waals surface area contributed by atoms with Gasteiger partial charge in [-0.2, -0.15) is 0 Å².